The monoisotopic (exact) mass is 185 g/mol. The van der Waals surface area contributed by atoms with Gasteiger partial charge in [0.05, 0.1) is 6.54 Å². The van der Waals surface area contributed by atoms with Crippen LogP contribution < -0.4 is 5.73 Å². The van der Waals surface area contributed by atoms with Gasteiger partial charge >= 0.3 is 0 Å². The van der Waals surface area contributed by atoms with Crippen LogP contribution in [0.1, 0.15) is 39.5 Å². The Labute approximate surface area is 81.8 Å². The summed E-state index contributed by atoms with van der Waals surface area (Å²) in [7, 11) is 0. The minimum absolute atomic E-state index is 0.284. The lowest BCUT2D eigenvalue weighted by molar-refractivity contribution is 0.299. The molecule has 0 amide bonds. The maximum atomic E-state index is 7.23. The maximum absolute atomic E-state index is 7.23. The van der Waals surface area contributed by atoms with E-state index in [1.165, 1.54) is 25.7 Å². The first kappa shape index (κ1) is 12.4. The fourth-order valence-electron chi connectivity index (χ4n) is 1.27. The highest BCUT2D eigenvalue weighted by Crippen LogP contribution is 1.98. The molecule has 0 aromatic carbocycles. The van der Waals surface area contributed by atoms with Gasteiger partial charge in [-0.05, 0) is 25.9 Å². The van der Waals surface area contributed by atoms with Crippen molar-refractivity contribution in [2.45, 2.75) is 39.5 Å². The number of unbranched alkanes of at least 4 members (excludes halogenated alkanes) is 2. The summed E-state index contributed by atoms with van der Waals surface area (Å²) in [6.45, 7) is 7.17. The molecule has 0 heterocycles. The second kappa shape index (κ2) is 8.05. The number of nitrogens with two attached hydrogens (primary N) is 1. The number of nitrogens with zero attached hydrogens (tertiary/aromatic N) is 1. The number of hydrogen-bond acceptors (Lipinski definition) is 2. The van der Waals surface area contributed by atoms with E-state index in [4.69, 9.17) is 11.1 Å². The van der Waals surface area contributed by atoms with Crippen LogP contribution in [0.5, 0.6) is 0 Å². The van der Waals surface area contributed by atoms with Crippen LogP contribution in [-0.2, 0) is 0 Å². The van der Waals surface area contributed by atoms with E-state index in [0.717, 1.165) is 13.1 Å². The first-order valence-corrected chi connectivity index (χ1v) is 5.26. The van der Waals surface area contributed by atoms with Gasteiger partial charge in [-0.15, -0.1) is 0 Å². The van der Waals surface area contributed by atoms with Crippen molar-refractivity contribution in [3.63, 3.8) is 0 Å². The molecule has 0 aromatic rings. The van der Waals surface area contributed by atoms with Gasteiger partial charge in [0.2, 0.25) is 0 Å². The van der Waals surface area contributed by atoms with Crippen molar-refractivity contribution in [1.82, 2.24) is 4.90 Å². The summed E-state index contributed by atoms with van der Waals surface area (Å²) in [4.78, 5) is 2.27. The summed E-state index contributed by atoms with van der Waals surface area (Å²) in [5.74, 6) is 0.284. The minimum Gasteiger partial charge on any atom is -0.387 e. The highest BCUT2D eigenvalue weighted by molar-refractivity contribution is 5.78. The Hall–Kier alpha value is -0.570. The second-order valence-electron chi connectivity index (χ2n) is 3.51. The van der Waals surface area contributed by atoms with Gasteiger partial charge in [0, 0.05) is 0 Å². The molecular formula is C10H23N3. The van der Waals surface area contributed by atoms with Crippen LogP contribution in [0.2, 0.25) is 0 Å². The van der Waals surface area contributed by atoms with E-state index in [1.54, 1.807) is 0 Å². The summed E-state index contributed by atoms with van der Waals surface area (Å²) >= 11 is 0. The highest BCUT2D eigenvalue weighted by atomic mass is 15.1. The van der Waals surface area contributed by atoms with Gasteiger partial charge in [-0.3, -0.25) is 10.3 Å². The molecule has 0 spiro atoms. The molecule has 0 aliphatic carbocycles. The smallest absolute Gasteiger partial charge is 0.105 e. The average molecular weight is 185 g/mol. The summed E-state index contributed by atoms with van der Waals surface area (Å²) in [6, 6.07) is 0. The largest absolute Gasteiger partial charge is 0.387 e. The van der Waals surface area contributed by atoms with Gasteiger partial charge < -0.3 is 5.73 Å². The fourth-order valence-corrected chi connectivity index (χ4v) is 1.27. The molecule has 0 aliphatic heterocycles. The van der Waals surface area contributed by atoms with E-state index in [2.05, 4.69) is 18.7 Å². The third-order valence-electron chi connectivity index (χ3n) is 2.05. The van der Waals surface area contributed by atoms with Crippen LogP contribution >= 0.6 is 0 Å². The molecule has 3 N–H and O–H groups in total. The zero-order chi connectivity index (χ0) is 10.1. The third-order valence-corrected chi connectivity index (χ3v) is 2.05. The van der Waals surface area contributed by atoms with Crippen LogP contribution in [0.4, 0.5) is 0 Å². The molecule has 0 bridgehead atoms. The number of amidine groups is 1. The van der Waals surface area contributed by atoms with Crippen molar-refractivity contribution >= 4 is 5.84 Å². The van der Waals surface area contributed by atoms with Crippen LogP contribution in [-0.4, -0.2) is 30.4 Å². The van der Waals surface area contributed by atoms with E-state index in [9.17, 15) is 0 Å². The molecule has 78 valence electrons. The van der Waals surface area contributed by atoms with Crippen molar-refractivity contribution in [3.8, 4) is 0 Å². The van der Waals surface area contributed by atoms with Crippen LogP contribution in [0.15, 0.2) is 0 Å². The van der Waals surface area contributed by atoms with Gasteiger partial charge in [0.25, 0.3) is 0 Å². The van der Waals surface area contributed by atoms with Gasteiger partial charge in [-0.2, -0.15) is 0 Å². The van der Waals surface area contributed by atoms with Gasteiger partial charge in [-0.25, -0.2) is 0 Å². The number of rotatable bonds is 8. The Morgan fingerprint density at radius 2 is 1.62 bits per heavy atom. The van der Waals surface area contributed by atoms with Crippen LogP contribution in [0, 0.1) is 5.41 Å². The molecule has 13 heavy (non-hydrogen) atoms. The molecule has 0 fully saturated rings. The summed E-state index contributed by atoms with van der Waals surface area (Å²) in [6.07, 6.45) is 4.83. The van der Waals surface area contributed by atoms with Crippen molar-refractivity contribution < 1.29 is 0 Å². The Balaban J connectivity index is 3.66. The Morgan fingerprint density at radius 1 is 1.15 bits per heavy atom. The van der Waals surface area contributed by atoms with Crippen molar-refractivity contribution in [3.05, 3.63) is 0 Å². The zero-order valence-corrected chi connectivity index (χ0v) is 8.97. The molecular weight excluding hydrogens is 162 g/mol. The topological polar surface area (TPSA) is 53.1 Å². The van der Waals surface area contributed by atoms with Crippen LogP contribution in [0.3, 0.4) is 0 Å². The number of hydrogen-bond donors (Lipinski definition) is 2. The fraction of sp³-hybridized carbons (Fsp3) is 0.900. The van der Waals surface area contributed by atoms with Gasteiger partial charge in [-0.1, -0.05) is 26.7 Å². The molecule has 3 heteroatoms. The Morgan fingerprint density at radius 3 is 1.92 bits per heavy atom. The first-order chi connectivity index (χ1) is 6.20. The summed E-state index contributed by atoms with van der Waals surface area (Å²) < 4.78 is 0. The van der Waals surface area contributed by atoms with E-state index in [0.29, 0.717) is 6.54 Å². The molecule has 0 saturated heterocycles. The second-order valence-corrected chi connectivity index (χ2v) is 3.51. The van der Waals surface area contributed by atoms with Gasteiger partial charge in [0.15, 0.2) is 0 Å². The van der Waals surface area contributed by atoms with E-state index in [1.807, 2.05) is 0 Å². The predicted octanol–water partition coefficient (Wildman–Crippen LogP) is 1.82. The first-order valence-electron chi connectivity index (χ1n) is 5.26. The average Bonchev–Trinajstić information content (AvgIpc) is 2.09. The third kappa shape index (κ3) is 7.78. The lowest BCUT2D eigenvalue weighted by Gasteiger charge is -2.20. The van der Waals surface area contributed by atoms with Crippen LogP contribution in [0.25, 0.3) is 0 Å². The quantitative estimate of drug-likeness (QED) is 0.448. The molecule has 0 atom stereocenters. The maximum Gasteiger partial charge on any atom is 0.105 e. The molecule has 0 rings (SSSR count). The van der Waals surface area contributed by atoms with Gasteiger partial charge in [0.1, 0.15) is 5.84 Å². The molecule has 0 saturated carbocycles. The summed E-state index contributed by atoms with van der Waals surface area (Å²) in [5, 5.41) is 7.23. The lowest BCUT2D eigenvalue weighted by Crippen LogP contribution is -2.34. The Kier molecular flexibility index (Phi) is 7.69. The zero-order valence-electron chi connectivity index (χ0n) is 8.97. The minimum atomic E-state index is 0.284. The molecule has 0 aromatic heterocycles. The molecule has 0 aliphatic rings. The normalized spacial score (nSPS) is 10.7. The highest BCUT2D eigenvalue weighted by Gasteiger charge is 2.04. The lowest BCUT2D eigenvalue weighted by atomic mass is 10.2. The molecule has 0 unspecified atom stereocenters. The standard InChI is InChI=1S/C10H23N3/c1-3-5-7-13(8-6-4-2)9-10(11)12/h3-9H2,1-2H3,(H3,11,12). The predicted molar refractivity (Wildman–Crippen MR) is 58.2 cm³/mol. The van der Waals surface area contributed by atoms with E-state index >= 15 is 0 Å². The SMILES string of the molecule is CCCCN(CCCC)CC(=N)N. The Bertz CT molecular complexity index is 126. The van der Waals surface area contributed by atoms with Crippen molar-refractivity contribution in [2.75, 3.05) is 19.6 Å². The number of nitrogens with one attached hydrogen (secondary N) is 1. The van der Waals surface area contributed by atoms with Crippen molar-refractivity contribution in [1.29, 1.82) is 5.41 Å². The van der Waals surface area contributed by atoms with E-state index in [-0.39, 0.29) is 5.84 Å². The molecule has 3 nitrogen and oxygen atoms in total. The summed E-state index contributed by atoms with van der Waals surface area (Å²) in [5.41, 5.74) is 5.38. The van der Waals surface area contributed by atoms with E-state index < -0.39 is 0 Å². The van der Waals surface area contributed by atoms with Crippen molar-refractivity contribution in [2.24, 2.45) is 5.73 Å². The molecule has 0 radical (unpaired) electrons.